The number of benzene rings is 1. The molecule has 3 nitrogen and oxygen atoms in total. The van der Waals surface area contributed by atoms with Gasteiger partial charge in [0.2, 0.25) is 0 Å². The largest absolute Gasteiger partial charge is 0.372 e. The molecule has 1 aromatic carbocycles. The summed E-state index contributed by atoms with van der Waals surface area (Å²) in [6.45, 7) is 1.30. The average Bonchev–Trinajstić information content (AvgIpc) is 2.47. The Morgan fingerprint density at radius 1 is 1.17 bits per heavy atom. The Morgan fingerprint density at radius 2 is 2.00 bits per heavy atom. The molecule has 0 fully saturated rings. The predicted molar refractivity (Wildman–Crippen MR) is 71.1 cm³/mol. The second kappa shape index (κ2) is 4.88. The van der Waals surface area contributed by atoms with Gasteiger partial charge in [-0.25, -0.2) is 0 Å². The van der Waals surface area contributed by atoms with Gasteiger partial charge in [-0.2, -0.15) is 0 Å². The normalized spacial score (nSPS) is 18.4. The van der Waals surface area contributed by atoms with Crippen LogP contribution in [-0.2, 0) is 11.2 Å². The van der Waals surface area contributed by atoms with Gasteiger partial charge >= 0.3 is 0 Å². The first-order valence-corrected chi connectivity index (χ1v) is 6.23. The van der Waals surface area contributed by atoms with Gasteiger partial charge < -0.3 is 10.5 Å². The highest BCUT2D eigenvalue weighted by molar-refractivity contribution is 5.64. The van der Waals surface area contributed by atoms with Crippen LogP contribution in [0.15, 0.2) is 42.7 Å². The van der Waals surface area contributed by atoms with E-state index in [4.69, 9.17) is 10.5 Å². The van der Waals surface area contributed by atoms with Crippen LogP contribution in [-0.4, -0.2) is 18.1 Å². The second-order valence-corrected chi connectivity index (χ2v) is 4.49. The third kappa shape index (κ3) is 2.03. The average molecular weight is 240 g/mol. The lowest BCUT2D eigenvalue weighted by atomic mass is 9.93. The molecule has 2 aromatic rings. The van der Waals surface area contributed by atoms with Crippen LogP contribution in [0.2, 0.25) is 0 Å². The predicted octanol–water partition coefficient (Wildman–Crippen LogP) is 2.32. The Hall–Kier alpha value is -1.71. The minimum Gasteiger partial charge on any atom is -0.372 e. The zero-order chi connectivity index (χ0) is 12.4. The summed E-state index contributed by atoms with van der Waals surface area (Å²) in [4.78, 5) is 4.04. The lowest BCUT2D eigenvalue weighted by Gasteiger charge is -2.25. The van der Waals surface area contributed by atoms with Crippen molar-refractivity contribution in [1.29, 1.82) is 0 Å². The molecule has 0 aliphatic carbocycles. The van der Waals surface area contributed by atoms with Crippen LogP contribution in [0.3, 0.4) is 0 Å². The maximum atomic E-state index is 5.77. The van der Waals surface area contributed by atoms with Gasteiger partial charge in [0.25, 0.3) is 0 Å². The fourth-order valence-electron chi connectivity index (χ4n) is 2.44. The van der Waals surface area contributed by atoms with Crippen LogP contribution in [0.1, 0.15) is 17.2 Å². The van der Waals surface area contributed by atoms with Gasteiger partial charge in [0.05, 0.1) is 12.7 Å². The number of nitrogens with two attached hydrogens (primary N) is 1. The minimum atomic E-state index is 0.0375. The van der Waals surface area contributed by atoms with E-state index in [1.165, 1.54) is 22.3 Å². The maximum absolute atomic E-state index is 5.77. The number of aromatic nitrogens is 1. The number of rotatable bonds is 2. The summed E-state index contributed by atoms with van der Waals surface area (Å²) in [5.74, 6) is 0. The molecule has 1 aliphatic heterocycles. The molecule has 1 atom stereocenters. The minimum absolute atomic E-state index is 0.0375. The zero-order valence-corrected chi connectivity index (χ0v) is 10.2. The van der Waals surface area contributed by atoms with Crippen molar-refractivity contribution in [2.24, 2.45) is 5.73 Å². The van der Waals surface area contributed by atoms with Crippen LogP contribution in [0.5, 0.6) is 0 Å². The molecule has 1 aromatic heterocycles. The molecule has 0 bridgehead atoms. The highest BCUT2D eigenvalue weighted by atomic mass is 16.5. The molecule has 2 heterocycles. The smallest absolute Gasteiger partial charge is 0.0950 e. The number of ether oxygens (including phenoxy) is 1. The molecule has 92 valence electrons. The number of hydrogen-bond acceptors (Lipinski definition) is 3. The number of pyridine rings is 1. The first-order valence-electron chi connectivity index (χ1n) is 6.23. The standard InChI is InChI=1S/C15H16N2O/c16-10-15-14-9-13(11-3-6-17-7-4-11)2-1-12(14)5-8-18-15/h1-4,6-7,9,15H,5,8,10,16H2/t15-/m1/s1. The molecule has 0 saturated heterocycles. The summed E-state index contributed by atoms with van der Waals surface area (Å²) in [7, 11) is 0. The highest BCUT2D eigenvalue weighted by Gasteiger charge is 2.19. The lowest BCUT2D eigenvalue weighted by Crippen LogP contribution is -2.23. The Bertz CT molecular complexity index is 539. The number of nitrogens with zero attached hydrogens (tertiary/aromatic N) is 1. The van der Waals surface area contributed by atoms with Gasteiger partial charge in [-0.3, -0.25) is 4.98 Å². The molecule has 0 amide bonds. The molecule has 0 unspecified atom stereocenters. The SMILES string of the molecule is NC[C@H]1OCCc2ccc(-c3ccncc3)cc21. The van der Waals surface area contributed by atoms with Crippen molar-refractivity contribution in [2.75, 3.05) is 13.2 Å². The van der Waals surface area contributed by atoms with Gasteiger partial charge in [0.1, 0.15) is 0 Å². The highest BCUT2D eigenvalue weighted by Crippen LogP contribution is 2.30. The number of hydrogen-bond donors (Lipinski definition) is 1. The molecule has 18 heavy (non-hydrogen) atoms. The van der Waals surface area contributed by atoms with Gasteiger partial charge in [-0.1, -0.05) is 12.1 Å². The molecule has 0 spiro atoms. The molecule has 2 N–H and O–H groups in total. The van der Waals surface area contributed by atoms with Crippen LogP contribution in [0.4, 0.5) is 0 Å². The summed E-state index contributed by atoms with van der Waals surface area (Å²) in [6, 6.07) is 10.6. The quantitative estimate of drug-likeness (QED) is 0.876. The molecule has 3 heteroatoms. The van der Waals surface area contributed by atoms with Crippen LogP contribution in [0.25, 0.3) is 11.1 Å². The van der Waals surface area contributed by atoms with E-state index >= 15 is 0 Å². The third-order valence-electron chi connectivity index (χ3n) is 3.41. The van der Waals surface area contributed by atoms with Crippen molar-refractivity contribution in [3.8, 4) is 11.1 Å². The summed E-state index contributed by atoms with van der Waals surface area (Å²) in [5.41, 5.74) is 10.7. The fourth-order valence-corrected chi connectivity index (χ4v) is 2.44. The topological polar surface area (TPSA) is 48.1 Å². The zero-order valence-electron chi connectivity index (χ0n) is 10.2. The monoisotopic (exact) mass is 240 g/mol. The van der Waals surface area contributed by atoms with Crippen LogP contribution in [0, 0.1) is 0 Å². The van der Waals surface area contributed by atoms with Crippen LogP contribution < -0.4 is 5.73 Å². The summed E-state index contributed by atoms with van der Waals surface area (Å²) >= 11 is 0. The van der Waals surface area contributed by atoms with Crippen molar-refractivity contribution in [1.82, 2.24) is 4.98 Å². The maximum Gasteiger partial charge on any atom is 0.0950 e. The summed E-state index contributed by atoms with van der Waals surface area (Å²) in [5, 5.41) is 0. The van der Waals surface area contributed by atoms with E-state index in [1.807, 2.05) is 24.5 Å². The lowest BCUT2D eigenvalue weighted by molar-refractivity contribution is 0.0485. The van der Waals surface area contributed by atoms with Crippen molar-refractivity contribution in [3.63, 3.8) is 0 Å². The summed E-state index contributed by atoms with van der Waals surface area (Å²) < 4.78 is 5.71. The second-order valence-electron chi connectivity index (χ2n) is 4.49. The number of fused-ring (bicyclic) bond motifs is 1. The van der Waals surface area contributed by atoms with Gasteiger partial charge in [-0.15, -0.1) is 0 Å². The fraction of sp³-hybridized carbons (Fsp3) is 0.267. The van der Waals surface area contributed by atoms with Gasteiger partial charge in [0, 0.05) is 18.9 Å². The molecular formula is C15H16N2O. The van der Waals surface area contributed by atoms with E-state index in [0.717, 1.165) is 13.0 Å². The molecular weight excluding hydrogens is 224 g/mol. The molecule has 1 aliphatic rings. The molecule has 3 rings (SSSR count). The van der Waals surface area contributed by atoms with Crippen molar-refractivity contribution < 1.29 is 4.74 Å². The van der Waals surface area contributed by atoms with Gasteiger partial charge in [-0.05, 0) is 46.9 Å². The van der Waals surface area contributed by atoms with Crippen molar-refractivity contribution in [2.45, 2.75) is 12.5 Å². The Morgan fingerprint density at radius 3 is 2.78 bits per heavy atom. The first kappa shape index (κ1) is 11.4. The van der Waals surface area contributed by atoms with Crippen molar-refractivity contribution in [3.05, 3.63) is 53.9 Å². The van der Waals surface area contributed by atoms with Crippen LogP contribution >= 0.6 is 0 Å². The van der Waals surface area contributed by atoms with E-state index in [0.29, 0.717) is 6.54 Å². The van der Waals surface area contributed by atoms with Gasteiger partial charge in [0.15, 0.2) is 0 Å². The Labute approximate surface area is 107 Å². The Balaban J connectivity index is 2.04. The van der Waals surface area contributed by atoms with E-state index in [9.17, 15) is 0 Å². The van der Waals surface area contributed by atoms with E-state index < -0.39 is 0 Å². The van der Waals surface area contributed by atoms with E-state index in [1.54, 1.807) is 0 Å². The molecule has 0 saturated carbocycles. The Kier molecular flexibility index (Phi) is 3.09. The van der Waals surface area contributed by atoms with E-state index in [-0.39, 0.29) is 6.10 Å². The van der Waals surface area contributed by atoms with E-state index in [2.05, 4.69) is 23.2 Å². The van der Waals surface area contributed by atoms with Crippen molar-refractivity contribution >= 4 is 0 Å². The first-order chi connectivity index (χ1) is 8.88. The third-order valence-corrected chi connectivity index (χ3v) is 3.41. The molecule has 0 radical (unpaired) electrons. The summed E-state index contributed by atoms with van der Waals surface area (Å²) in [6.07, 6.45) is 4.63.